The van der Waals surface area contributed by atoms with Crippen LogP contribution in [0.5, 0.6) is 0 Å². The van der Waals surface area contributed by atoms with Crippen LogP contribution in [0.1, 0.15) is 0 Å². The minimum absolute atomic E-state index is 0.232. The Bertz CT molecular complexity index is 911. The molecule has 0 amide bonds. The van der Waals surface area contributed by atoms with Gasteiger partial charge >= 0.3 is 0 Å². The largest absolute Gasteiger partial charge is 0.379 e. The van der Waals surface area contributed by atoms with Crippen molar-refractivity contribution in [3.05, 3.63) is 52.5 Å². The number of hydrogen-bond acceptors (Lipinski definition) is 4. The quantitative estimate of drug-likeness (QED) is 0.696. The number of benzene rings is 2. The van der Waals surface area contributed by atoms with Crippen molar-refractivity contribution in [3.8, 4) is 0 Å². The number of rotatable bonds is 4. The Balaban J connectivity index is 1.65. The lowest BCUT2D eigenvalue weighted by Crippen LogP contribution is -2.40. The predicted molar refractivity (Wildman–Crippen MR) is 112 cm³/mol. The van der Waals surface area contributed by atoms with Gasteiger partial charge in [-0.25, -0.2) is 8.42 Å². The van der Waals surface area contributed by atoms with Crippen molar-refractivity contribution in [2.24, 2.45) is 0 Å². The van der Waals surface area contributed by atoms with E-state index in [0.717, 1.165) is 0 Å². The van der Waals surface area contributed by atoms with Gasteiger partial charge in [0.2, 0.25) is 10.0 Å². The molecule has 6 nitrogen and oxygen atoms in total. The lowest BCUT2D eigenvalue weighted by molar-refractivity contribution is 0.0730. The van der Waals surface area contributed by atoms with Crippen LogP contribution in [0.15, 0.2) is 47.4 Å². The first-order valence-corrected chi connectivity index (χ1v) is 10.7. The maximum atomic E-state index is 12.6. The van der Waals surface area contributed by atoms with Crippen molar-refractivity contribution in [1.29, 1.82) is 0 Å². The summed E-state index contributed by atoms with van der Waals surface area (Å²) < 4.78 is 31.9. The van der Waals surface area contributed by atoms with E-state index in [9.17, 15) is 8.42 Å². The van der Waals surface area contributed by atoms with E-state index in [1.165, 1.54) is 4.31 Å². The van der Waals surface area contributed by atoms with Gasteiger partial charge in [-0.05, 0) is 54.7 Å². The SMILES string of the molecule is O=S(=O)(c1ccc(NC(=S)Nc2cc(Cl)cc(Cl)c2)cc1)N1CCOCC1. The van der Waals surface area contributed by atoms with Crippen molar-refractivity contribution >= 4 is 61.9 Å². The molecule has 10 heteroatoms. The first-order chi connectivity index (χ1) is 12.8. The monoisotopic (exact) mass is 445 g/mol. The zero-order valence-electron chi connectivity index (χ0n) is 14.1. The van der Waals surface area contributed by atoms with Crippen molar-refractivity contribution in [2.45, 2.75) is 4.90 Å². The van der Waals surface area contributed by atoms with Gasteiger partial charge in [0.05, 0.1) is 18.1 Å². The third kappa shape index (κ3) is 5.31. The Kier molecular flexibility index (Phi) is 6.56. The van der Waals surface area contributed by atoms with Crippen molar-refractivity contribution in [2.75, 3.05) is 36.9 Å². The number of anilines is 2. The number of nitrogens with one attached hydrogen (secondary N) is 2. The molecule has 0 unspecified atom stereocenters. The molecule has 0 bridgehead atoms. The average molecular weight is 446 g/mol. The number of nitrogens with zero attached hydrogens (tertiary/aromatic N) is 1. The number of ether oxygens (including phenoxy) is 1. The molecule has 0 atom stereocenters. The summed E-state index contributed by atoms with van der Waals surface area (Å²) in [6, 6.07) is 11.4. The standard InChI is InChI=1S/C17H17Cl2N3O3S2/c18-12-9-13(19)11-15(10-12)21-17(26)20-14-1-3-16(4-2-14)27(23,24)22-5-7-25-8-6-22/h1-4,9-11H,5-8H2,(H2,20,21,26). The Morgan fingerprint density at radius 3 is 2.11 bits per heavy atom. The summed E-state index contributed by atoms with van der Waals surface area (Å²) >= 11 is 17.2. The Morgan fingerprint density at radius 2 is 1.52 bits per heavy atom. The third-order valence-corrected chi connectivity index (χ3v) is 6.39. The molecule has 3 rings (SSSR count). The predicted octanol–water partition coefficient (Wildman–Crippen LogP) is 3.82. The number of hydrogen-bond donors (Lipinski definition) is 2. The molecule has 0 aromatic heterocycles. The highest BCUT2D eigenvalue weighted by Gasteiger charge is 2.26. The second-order valence-electron chi connectivity index (χ2n) is 5.78. The first-order valence-electron chi connectivity index (χ1n) is 8.07. The fraction of sp³-hybridized carbons (Fsp3) is 0.235. The highest BCUT2D eigenvalue weighted by Crippen LogP contribution is 2.23. The summed E-state index contributed by atoms with van der Waals surface area (Å²) in [5, 5.41) is 7.29. The second-order valence-corrected chi connectivity index (χ2v) is 9.00. The van der Waals surface area contributed by atoms with Gasteiger partial charge in [-0.15, -0.1) is 0 Å². The van der Waals surface area contributed by atoms with E-state index in [1.807, 2.05) is 0 Å². The number of thiocarbonyl (C=S) groups is 1. The smallest absolute Gasteiger partial charge is 0.243 e. The van der Waals surface area contributed by atoms with Crippen LogP contribution >= 0.6 is 35.4 Å². The maximum Gasteiger partial charge on any atom is 0.243 e. The summed E-state index contributed by atoms with van der Waals surface area (Å²) in [7, 11) is -3.52. The van der Waals surface area contributed by atoms with Crippen LogP contribution in [-0.2, 0) is 14.8 Å². The maximum absolute atomic E-state index is 12.6. The summed E-state index contributed by atoms with van der Waals surface area (Å²) in [6.45, 7) is 1.54. The summed E-state index contributed by atoms with van der Waals surface area (Å²) in [6.07, 6.45) is 0. The van der Waals surface area contributed by atoms with Gasteiger partial charge in [0.1, 0.15) is 0 Å². The Hall–Kier alpha value is -1.42. The van der Waals surface area contributed by atoms with Gasteiger partial charge in [0.15, 0.2) is 5.11 Å². The van der Waals surface area contributed by atoms with Gasteiger partial charge in [-0.3, -0.25) is 0 Å². The Labute approximate surface area is 173 Å². The lowest BCUT2D eigenvalue weighted by Gasteiger charge is -2.26. The molecule has 1 fully saturated rings. The topological polar surface area (TPSA) is 70.7 Å². The van der Waals surface area contributed by atoms with Gasteiger partial charge in [0, 0.05) is 34.5 Å². The molecule has 0 radical (unpaired) electrons. The van der Waals surface area contributed by atoms with Crippen molar-refractivity contribution in [3.63, 3.8) is 0 Å². The lowest BCUT2D eigenvalue weighted by atomic mass is 10.3. The Morgan fingerprint density at radius 1 is 0.963 bits per heavy atom. The van der Waals surface area contributed by atoms with Gasteiger partial charge < -0.3 is 15.4 Å². The number of halogens is 2. The highest BCUT2D eigenvalue weighted by atomic mass is 35.5. The van der Waals surface area contributed by atoms with E-state index in [1.54, 1.807) is 42.5 Å². The summed E-state index contributed by atoms with van der Waals surface area (Å²) in [5.74, 6) is 0. The van der Waals surface area contributed by atoms with E-state index >= 15 is 0 Å². The minimum atomic E-state index is -3.52. The van der Waals surface area contributed by atoms with E-state index in [4.69, 9.17) is 40.2 Å². The normalized spacial score (nSPS) is 15.3. The molecule has 1 saturated heterocycles. The van der Waals surface area contributed by atoms with Crippen LogP contribution in [0.25, 0.3) is 0 Å². The molecule has 0 spiro atoms. The van der Waals surface area contributed by atoms with Crippen molar-refractivity contribution < 1.29 is 13.2 Å². The molecule has 27 heavy (non-hydrogen) atoms. The van der Waals surface area contributed by atoms with Gasteiger partial charge in [-0.1, -0.05) is 23.2 Å². The number of sulfonamides is 1. The van der Waals surface area contributed by atoms with E-state index in [0.29, 0.717) is 52.8 Å². The molecule has 2 aromatic rings. The molecule has 0 saturated carbocycles. The van der Waals surface area contributed by atoms with Crippen molar-refractivity contribution in [1.82, 2.24) is 4.31 Å². The molecular formula is C17H17Cl2N3O3S2. The van der Waals surface area contributed by atoms with Gasteiger partial charge in [-0.2, -0.15) is 4.31 Å². The molecule has 1 aliphatic heterocycles. The summed E-state index contributed by atoms with van der Waals surface area (Å²) in [5.41, 5.74) is 1.30. The third-order valence-electron chi connectivity index (χ3n) is 3.84. The molecule has 2 N–H and O–H groups in total. The molecule has 2 aromatic carbocycles. The fourth-order valence-electron chi connectivity index (χ4n) is 2.57. The first kappa shape index (κ1) is 20.3. The molecule has 1 heterocycles. The van der Waals surface area contributed by atoms with Crippen LogP contribution in [0.2, 0.25) is 10.0 Å². The summed E-state index contributed by atoms with van der Waals surface area (Å²) in [4.78, 5) is 0.232. The molecule has 144 valence electrons. The van der Waals surface area contributed by atoms with Crippen LogP contribution < -0.4 is 10.6 Å². The zero-order valence-corrected chi connectivity index (χ0v) is 17.3. The highest BCUT2D eigenvalue weighted by molar-refractivity contribution is 7.89. The van der Waals surface area contributed by atoms with E-state index in [-0.39, 0.29) is 4.90 Å². The molecule has 0 aliphatic carbocycles. The fourth-order valence-corrected chi connectivity index (χ4v) is 4.74. The molecular weight excluding hydrogens is 429 g/mol. The van der Waals surface area contributed by atoms with Crippen LogP contribution in [0.4, 0.5) is 11.4 Å². The average Bonchev–Trinajstić information content (AvgIpc) is 2.62. The van der Waals surface area contributed by atoms with Crippen LogP contribution in [0.3, 0.4) is 0 Å². The van der Waals surface area contributed by atoms with E-state index < -0.39 is 10.0 Å². The minimum Gasteiger partial charge on any atom is -0.379 e. The second kappa shape index (κ2) is 8.72. The molecule has 1 aliphatic rings. The zero-order chi connectivity index (χ0) is 19.4. The number of morpholine rings is 1. The van der Waals surface area contributed by atoms with Gasteiger partial charge in [0.25, 0.3) is 0 Å². The van der Waals surface area contributed by atoms with E-state index in [2.05, 4.69) is 10.6 Å². The van der Waals surface area contributed by atoms with Crippen LogP contribution in [0, 0.1) is 0 Å². The van der Waals surface area contributed by atoms with Crippen LogP contribution in [-0.4, -0.2) is 44.1 Å².